The van der Waals surface area contributed by atoms with Crippen molar-refractivity contribution >= 4 is 23.1 Å². The molecule has 1 rings (SSSR count). The topological polar surface area (TPSA) is 90.6 Å². The van der Waals surface area contributed by atoms with Gasteiger partial charge in [-0.25, -0.2) is 0 Å². The Balaban J connectivity index is 2.99. The van der Waals surface area contributed by atoms with E-state index in [1.165, 1.54) is 21.1 Å². The molecule has 0 spiro atoms. The molecule has 1 amide bonds. The smallest absolute Gasteiger partial charge is 0.231 e. The van der Waals surface area contributed by atoms with E-state index in [-0.39, 0.29) is 12.2 Å². The number of rotatable bonds is 5. The van der Waals surface area contributed by atoms with E-state index in [4.69, 9.17) is 15.2 Å². The van der Waals surface area contributed by atoms with Crippen LogP contribution < -0.4 is 20.5 Å². The van der Waals surface area contributed by atoms with Crippen molar-refractivity contribution in [2.45, 2.75) is 13.3 Å². The molecule has 18 heavy (non-hydrogen) atoms. The number of carbonyl (C=O) groups is 2. The van der Waals surface area contributed by atoms with Crippen molar-refractivity contribution < 1.29 is 19.1 Å². The molecule has 0 saturated heterocycles. The van der Waals surface area contributed by atoms with E-state index in [1.807, 2.05) is 0 Å². The molecule has 0 aromatic heterocycles. The van der Waals surface area contributed by atoms with Crippen LogP contribution in [0.2, 0.25) is 0 Å². The normalized spacial score (nSPS) is 9.72. The Morgan fingerprint density at radius 3 is 2.33 bits per heavy atom. The van der Waals surface area contributed by atoms with E-state index in [1.54, 1.807) is 12.1 Å². The minimum absolute atomic E-state index is 0.185. The number of nitrogens with two attached hydrogens (primary N) is 1. The van der Waals surface area contributed by atoms with Gasteiger partial charge < -0.3 is 20.5 Å². The molecule has 6 heteroatoms. The number of methoxy groups -OCH3 is 2. The zero-order valence-corrected chi connectivity index (χ0v) is 10.6. The molecule has 3 N–H and O–H groups in total. The number of nitrogens with one attached hydrogen (secondary N) is 1. The largest absolute Gasteiger partial charge is 0.495 e. The highest BCUT2D eigenvalue weighted by Crippen LogP contribution is 2.34. The van der Waals surface area contributed by atoms with Gasteiger partial charge in [0.15, 0.2) is 0 Å². The molecule has 0 aliphatic carbocycles. The molecule has 0 radical (unpaired) electrons. The molecule has 0 saturated carbocycles. The summed E-state index contributed by atoms with van der Waals surface area (Å²) in [6, 6.07) is 3.09. The molecule has 6 nitrogen and oxygen atoms in total. The van der Waals surface area contributed by atoms with Gasteiger partial charge in [0.2, 0.25) is 5.91 Å². The Morgan fingerprint density at radius 1 is 1.22 bits per heavy atom. The molecule has 98 valence electrons. The van der Waals surface area contributed by atoms with Crippen LogP contribution in [0.15, 0.2) is 12.1 Å². The number of amides is 1. The molecule has 0 bridgehead atoms. The average Bonchev–Trinajstić information content (AvgIpc) is 2.29. The number of hydrogen-bond acceptors (Lipinski definition) is 5. The van der Waals surface area contributed by atoms with Gasteiger partial charge in [-0.3, -0.25) is 9.59 Å². The fraction of sp³-hybridized carbons (Fsp3) is 0.333. The van der Waals surface area contributed by atoms with Gasteiger partial charge in [-0.2, -0.15) is 0 Å². The van der Waals surface area contributed by atoms with Crippen LogP contribution in [-0.2, 0) is 9.59 Å². The molecule has 0 atom stereocenters. The first-order chi connectivity index (χ1) is 8.47. The summed E-state index contributed by atoms with van der Waals surface area (Å²) in [6.45, 7) is 1.35. The van der Waals surface area contributed by atoms with Crippen LogP contribution >= 0.6 is 0 Å². The van der Waals surface area contributed by atoms with Gasteiger partial charge >= 0.3 is 0 Å². The molecular weight excluding hydrogens is 236 g/mol. The standard InChI is InChI=1S/C12H16N2O4/c1-7(15)4-12(16)14-9-6-10(17-2)8(13)5-11(9)18-3/h5-6H,4,13H2,1-3H3,(H,14,16). The lowest BCUT2D eigenvalue weighted by Gasteiger charge is -2.13. The molecule has 0 unspecified atom stereocenters. The Bertz CT molecular complexity index is 471. The summed E-state index contributed by atoms with van der Waals surface area (Å²) < 4.78 is 10.1. The molecule has 1 aromatic carbocycles. The lowest BCUT2D eigenvalue weighted by molar-refractivity contribution is -0.124. The Kier molecular flexibility index (Phi) is 4.53. The minimum Gasteiger partial charge on any atom is -0.495 e. The van der Waals surface area contributed by atoms with Crippen molar-refractivity contribution in [3.63, 3.8) is 0 Å². The van der Waals surface area contributed by atoms with Gasteiger partial charge in [0.05, 0.1) is 32.0 Å². The summed E-state index contributed by atoms with van der Waals surface area (Å²) in [7, 11) is 2.93. The molecule has 0 aliphatic rings. The highest BCUT2D eigenvalue weighted by Gasteiger charge is 2.12. The number of hydrogen-bond donors (Lipinski definition) is 2. The third kappa shape index (κ3) is 3.38. The van der Waals surface area contributed by atoms with Crippen LogP contribution in [0.3, 0.4) is 0 Å². The van der Waals surface area contributed by atoms with E-state index >= 15 is 0 Å². The Labute approximate surface area is 105 Å². The summed E-state index contributed by atoms with van der Waals surface area (Å²) >= 11 is 0. The first-order valence-electron chi connectivity index (χ1n) is 5.28. The van der Waals surface area contributed by atoms with Gasteiger partial charge in [-0.15, -0.1) is 0 Å². The highest BCUT2D eigenvalue weighted by molar-refractivity contribution is 6.04. The summed E-state index contributed by atoms with van der Waals surface area (Å²) in [4.78, 5) is 22.4. The number of nitrogen functional groups attached to an aromatic ring is 1. The van der Waals surface area contributed by atoms with Crippen molar-refractivity contribution in [1.29, 1.82) is 0 Å². The van der Waals surface area contributed by atoms with Gasteiger partial charge in [0.1, 0.15) is 17.3 Å². The summed E-state index contributed by atoms with van der Waals surface area (Å²) in [6.07, 6.45) is -0.185. The Hall–Kier alpha value is -2.24. The SMILES string of the molecule is COc1cc(NC(=O)CC(C)=O)c(OC)cc1N. The Morgan fingerprint density at radius 2 is 1.83 bits per heavy atom. The third-order valence-electron chi connectivity index (χ3n) is 2.24. The van der Waals surface area contributed by atoms with Gasteiger partial charge in [0.25, 0.3) is 0 Å². The van der Waals surface area contributed by atoms with Crippen LogP contribution in [0.4, 0.5) is 11.4 Å². The van der Waals surface area contributed by atoms with Crippen LogP contribution in [-0.4, -0.2) is 25.9 Å². The molecule has 0 fully saturated rings. The third-order valence-corrected chi connectivity index (χ3v) is 2.24. The average molecular weight is 252 g/mol. The van der Waals surface area contributed by atoms with Crippen molar-refractivity contribution in [2.24, 2.45) is 0 Å². The van der Waals surface area contributed by atoms with E-state index in [0.717, 1.165) is 0 Å². The number of ketones is 1. The van der Waals surface area contributed by atoms with E-state index < -0.39 is 5.91 Å². The lowest BCUT2D eigenvalue weighted by atomic mass is 10.2. The van der Waals surface area contributed by atoms with Crippen LogP contribution in [0.1, 0.15) is 13.3 Å². The number of benzene rings is 1. The van der Waals surface area contributed by atoms with Gasteiger partial charge in [-0.05, 0) is 6.92 Å². The number of carbonyl (C=O) groups excluding carboxylic acids is 2. The number of anilines is 2. The molecular formula is C12H16N2O4. The maximum absolute atomic E-state index is 11.5. The molecule has 0 aliphatic heterocycles. The molecule has 0 heterocycles. The predicted octanol–water partition coefficient (Wildman–Crippen LogP) is 1.20. The maximum Gasteiger partial charge on any atom is 0.231 e. The van der Waals surface area contributed by atoms with Crippen LogP contribution in [0, 0.1) is 0 Å². The fourth-order valence-electron chi connectivity index (χ4n) is 1.44. The van der Waals surface area contributed by atoms with Crippen molar-refractivity contribution in [2.75, 3.05) is 25.3 Å². The number of ether oxygens (including phenoxy) is 2. The van der Waals surface area contributed by atoms with Crippen LogP contribution in [0.5, 0.6) is 11.5 Å². The highest BCUT2D eigenvalue weighted by atomic mass is 16.5. The van der Waals surface area contributed by atoms with Gasteiger partial charge in [-0.1, -0.05) is 0 Å². The van der Waals surface area contributed by atoms with Crippen LogP contribution in [0.25, 0.3) is 0 Å². The minimum atomic E-state index is -0.410. The maximum atomic E-state index is 11.5. The zero-order chi connectivity index (χ0) is 13.7. The summed E-state index contributed by atoms with van der Waals surface area (Å²) in [5.41, 5.74) is 6.53. The molecule has 1 aromatic rings. The van der Waals surface area contributed by atoms with Crippen molar-refractivity contribution in [3.8, 4) is 11.5 Å². The zero-order valence-electron chi connectivity index (χ0n) is 10.6. The van der Waals surface area contributed by atoms with E-state index in [2.05, 4.69) is 5.32 Å². The lowest BCUT2D eigenvalue weighted by Crippen LogP contribution is -2.15. The predicted molar refractivity (Wildman–Crippen MR) is 67.9 cm³/mol. The van der Waals surface area contributed by atoms with E-state index in [0.29, 0.717) is 22.9 Å². The summed E-state index contributed by atoms with van der Waals surface area (Å²) in [5.74, 6) is 0.209. The summed E-state index contributed by atoms with van der Waals surface area (Å²) in [5, 5.41) is 2.57. The fourth-order valence-corrected chi connectivity index (χ4v) is 1.44. The van der Waals surface area contributed by atoms with Gasteiger partial charge in [0, 0.05) is 12.1 Å². The number of Topliss-reactive ketones (excluding diaryl/α,β-unsaturated/α-hetero) is 1. The first-order valence-corrected chi connectivity index (χ1v) is 5.28. The van der Waals surface area contributed by atoms with Crippen molar-refractivity contribution in [3.05, 3.63) is 12.1 Å². The second-order valence-electron chi connectivity index (χ2n) is 3.72. The van der Waals surface area contributed by atoms with Crippen molar-refractivity contribution in [1.82, 2.24) is 0 Å². The van der Waals surface area contributed by atoms with E-state index in [9.17, 15) is 9.59 Å². The first kappa shape index (κ1) is 13.8. The second kappa shape index (κ2) is 5.90. The quantitative estimate of drug-likeness (QED) is 0.607. The monoisotopic (exact) mass is 252 g/mol. The second-order valence-corrected chi connectivity index (χ2v) is 3.72.